The molecule has 0 saturated carbocycles. The van der Waals surface area contributed by atoms with Gasteiger partial charge in [-0.05, 0) is 44.9 Å². The molecule has 0 atom stereocenters. The van der Waals surface area contributed by atoms with E-state index in [1.165, 1.54) is 0 Å². The number of rotatable bonds is 4. The largest absolute Gasteiger partial charge is 0.357 e. The molecule has 0 aliphatic carbocycles. The number of benzene rings is 1. The molecule has 1 aromatic rings. The van der Waals surface area contributed by atoms with Gasteiger partial charge in [-0.25, -0.2) is 8.42 Å². The van der Waals surface area contributed by atoms with Crippen molar-refractivity contribution in [3.8, 4) is 0 Å². The second-order valence-electron chi connectivity index (χ2n) is 6.62. The average molecular weight is 500 g/mol. The first-order valence-corrected chi connectivity index (χ1v) is 10.3. The van der Waals surface area contributed by atoms with Crippen LogP contribution in [-0.2, 0) is 16.3 Å². The molecule has 1 aromatic carbocycles. The highest BCUT2D eigenvalue weighted by molar-refractivity contribution is 14.0. The quantitative estimate of drug-likeness (QED) is 0.393. The maximum absolute atomic E-state index is 12.2. The number of aliphatic imine (C=N–C) groups is 1. The molecule has 0 spiro atoms. The summed E-state index contributed by atoms with van der Waals surface area (Å²) in [6.45, 7) is 7.89. The van der Waals surface area contributed by atoms with Crippen LogP contribution in [0.15, 0.2) is 29.3 Å². The number of guanidine groups is 1. The Morgan fingerprint density at radius 3 is 2.72 bits per heavy atom. The molecule has 0 aromatic heterocycles. The van der Waals surface area contributed by atoms with E-state index >= 15 is 0 Å². The topological polar surface area (TPSA) is 61.8 Å². The summed E-state index contributed by atoms with van der Waals surface area (Å²) in [5.41, 5.74) is 1.14. The van der Waals surface area contributed by atoms with Crippen LogP contribution in [0.4, 0.5) is 0 Å². The van der Waals surface area contributed by atoms with Crippen molar-refractivity contribution in [1.29, 1.82) is 0 Å². The highest BCUT2D eigenvalue weighted by Gasteiger charge is 2.40. The Bertz CT molecular complexity index is 708. The van der Waals surface area contributed by atoms with E-state index in [1.807, 2.05) is 36.1 Å². The molecule has 0 bridgehead atoms. The third-order valence-corrected chi connectivity index (χ3v) is 7.00. The van der Waals surface area contributed by atoms with Crippen molar-refractivity contribution in [3.05, 3.63) is 34.9 Å². The summed E-state index contributed by atoms with van der Waals surface area (Å²) < 4.78 is 23.6. The zero-order chi connectivity index (χ0) is 17.8. The van der Waals surface area contributed by atoms with Crippen molar-refractivity contribution < 1.29 is 8.42 Å². The predicted octanol–water partition coefficient (Wildman–Crippen LogP) is 2.98. The Morgan fingerprint density at radius 2 is 2.12 bits per heavy atom. The van der Waals surface area contributed by atoms with Gasteiger partial charge >= 0.3 is 0 Å². The minimum Gasteiger partial charge on any atom is -0.357 e. The second kappa shape index (κ2) is 9.41. The summed E-state index contributed by atoms with van der Waals surface area (Å²) in [6, 6.07) is 7.77. The van der Waals surface area contributed by atoms with Crippen LogP contribution >= 0.6 is 35.6 Å². The van der Waals surface area contributed by atoms with E-state index in [0.29, 0.717) is 19.6 Å². The maximum Gasteiger partial charge on any atom is 0.194 e. The van der Waals surface area contributed by atoms with E-state index in [0.717, 1.165) is 29.5 Å². The Kier molecular flexibility index (Phi) is 8.47. The molecule has 25 heavy (non-hydrogen) atoms. The Morgan fingerprint density at radius 1 is 1.40 bits per heavy atom. The molecule has 1 fully saturated rings. The van der Waals surface area contributed by atoms with Crippen LogP contribution < -0.4 is 5.32 Å². The van der Waals surface area contributed by atoms with Crippen molar-refractivity contribution in [2.45, 2.75) is 31.9 Å². The van der Waals surface area contributed by atoms with Crippen LogP contribution in [0.25, 0.3) is 0 Å². The Balaban J connectivity index is 0.00000312. The molecule has 142 valence electrons. The summed E-state index contributed by atoms with van der Waals surface area (Å²) in [4.78, 5) is 6.71. The minimum absolute atomic E-state index is 0. The number of sulfone groups is 1. The summed E-state index contributed by atoms with van der Waals surface area (Å²) in [5.74, 6) is 0.945. The van der Waals surface area contributed by atoms with E-state index in [4.69, 9.17) is 11.6 Å². The van der Waals surface area contributed by atoms with Gasteiger partial charge < -0.3 is 10.2 Å². The first-order valence-electron chi connectivity index (χ1n) is 8.25. The molecule has 1 saturated heterocycles. The van der Waals surface area contributed by atoms with Crippen molar-refractivity contribution in [3.63, 3.8) is 0 Å². The smallest absolute Gasteiger partial charge is 0.194 e. The van der Waals surface area contributed by atoms with Gasteiger partial charge in [0.1, 0.15) is 0 Å². The molecule has 0 radical (unpaired) electrons. The zero-order valence-corrected chi connectivity index (χ0v) is 18.9. The lowest BCUT2D eigenvalue weighted by molar-refractivity contribution is 0.353. The lowest BCUT2D eigenvalue weighted by Gasteiger charge is -2.39. The van der Waals surface area contributed by atoms with Crippen molar-refractivity contribution in [2.24, 2.45) is 4.99 Å². The predicted molar refractivity (Wildman–Crippen MR) is 116 cm³/mol. The fourth-order valence-corrected chi connectivity index (χ4v) is 4.31. The van der Waals surface area contributed by atoms with Gasteiger partial charge in [-0.15, -0.1) is 24.0 Å². The monoisotopic (exact) mass is 499 g/mol. The van der Waals surface area contributed by atoms with Gasteiger partial charge in [0, 0.05) is 31.2 Å². The van der Waals surface area contributed by atoms with Crippen molar-refractivity contribution in [2.75, 3.05) is 31.9 Å². The van der Waals surface area contributed by atoms with Gasteiger partial charge in [0.25, 0.3) is 0 Å². The van der Waals surface area contributed by atoms with E-state index in [9.17, 15) is 8.42 Å². The summed E-state index contributed by atoms with van der Waals surface area (Å²) >= 11 is 6.00. The average Bonchev–Trinajstić information content (AvgIpc) is 2.49. The molecular weight excluding hydrogens is 473 g/mol. The van der Waals surface area contributed by atoms with Gasteiger partial charge in [-0.1, -0.05) is 23.7 Å². The molecule has 1 aliphatic rings. The number of hydrogen-bond acceptors (Lipinski definition) is 3. The number of halogens is 2. The molecule has 0 unspecified atom stereocenters. The van der Waals surface area contributed by atoms with Gasteiger partial charge in [-0.2, -0.15) is 0 Å². The van der Waals surface area contributed by atoms with Crippen LogP contribution in [0.3, 0.4) is 0 Å². The van der Waals surface area contributed by atoms with Gasteiger partial charge in [0.2, 0.25) is 0 Å². The Hall–Kier alpha value is -0.540. The number of hydrogen-bond donors (Lipinski definition) is 1. The SMILES string of the molecule is CCNC(=NCCc1cccc(Cl)c1)N1CCS(=O)(=O)C(C)(C)C1.I. The highest BCUT2D eigenvalue weighted by atomic mass is 127. The van der Waals surface area contributed by atoms with Crippen LogP contribution in [0, 0.1) is 0 Å². The van der Waals surface area contributed by atoms with Crippen LogP contribution in [-0.4, -0.2) is 56.0 Å². The van der Waals surface area contributed by atoms with Gasteiger partial charge in [0.05, 0.1) is 10.5 Å². The standard InChI is InChI=1S/C17H26ClN3O2S.HI/c1-4-19-16(20-9-8-14-6-5-7-15(18)12-14)21-10-11-24(22,23)17(2,3)13-21;/h5-7,12H,4,8-11,13H2,1-3H3,(H,19,20);1H. The fourth-order valence-electron chi connectivity index (χ4n) is 2.73. The van der Waals surface area contributed by atoms with Gasteiger partial charge in [-0.3, -0.25) is 4.99 Å². The molecule has 0 amide bonds. The first-order chi connectivity index (χ1) is 11.2. The summed E-state index contributed by atoms with van der Waals surface area (Å²) in [5, 5.41) is 4.00. The molecular formula is C17H27ClIN3O2S. The van der Waals surface area contributed by atoms with E-state index in [1.54, 1.807) is 13.8 Å². The van der Waals surface area contributed by atoms with Crippen molar-refractivity contribution >= 4 is 51.4 Å². The number of nitrogens with one attached hydrogen (secondary N) is 1. The van der Waals surface area contributed by atoms with E-state index < -0.39 is 14.6 Å². The first kappa shape index (κ1) is 22.5. The minimum atomic E-state index is -3.05. The zero-order valence-electron chi connectivity index (χ0n) is 15.0. The Labute approximate surface area is 173 Å². The van der Waals surface area contributed by atoms with Crippen molar-refractivity contribution in [1.82, 2.24) is 10.2 Å². The van der Waals surface area contributed by atoms with E-state index in [2.05, 4.69) is 10.3 Å². The molecule has 8 heteroatoms. The fraction of sp³-hybridized carbons (Fsp3) is 0.588. The third-order valence-electron chi connectivity index (χ3n) is 4.23. The lowest BCUT2D eigenvalue weighted by atomic mass is 10.1. The van der Waals surface area contributed by atoms with Gasteiger partial charge in [0.15, 0.2) is 15.8 Å². The third kappa shape index (κ3) is 5.99. The number of nitrogens with zero attached hydrogens (tertiary/aromatic N) is 2. The summed E-state index contributed by atoms with van der Waals surface area (Å²) in [7, 11) is -3.05. The maximum atomic E-state index is 12.2. The highest BCUT2D eigenvalue weighted by Crippen LogP contribution is 2.23. The lowest BCUT2D eigenvalue weighted by Crippen LogP contribution is -2.57. The van der Waals surface area contributed by atoms with Crippen LogP contribution in [0.5, 0.6) is 0 Å². The normalized spacial score (nSPS) is 19.2. The second-order valence-corrected chi connectivity index (χ2v) is 9.80. The molecule has 1 heterocycles. The molecule has 1 N–H and O–H groups in total. The van der Waals surface area contributed by atoms with Crippen LogP contribution in [0.1, 0.15) is 26.3 Å². The molecule has 2 rings (SSSR count). The molecule has 1 aliphatic heterocycles. The summed E-state index contributed by atoms with van der Waals surface area (Å²) in [6.07, 6.45) is 0.797. The van der Waals surface area contributed by atoms with E-state index in [-0.39, 0.29) is 29.7 Å². The van der Waals surface area contributed by atoms with Crippen LogP contribution in [0.2, 0.25) is 5.02 Å². The molecule has 5 nitrogen and oxygen atoms in total.